The van der Waals surface area contributed by atoms with Gasteiger partial charge in [-0.15, -0.1) is 0 Å². The van der Waals surface area contributed by atoms with Crippen molar-refractivity contribution in [3.8, 4) is 0 Å². The number of carbonyl (C=O) groups is 1. The number of carbonyl (C=O) groups excluding carboxylic acids is 1. The number of esters is 1. The van der Waals surface area contributed by atoms with Crippen LogP contribution < -0.4 is 0 Å². The monoisotopic (exact) mass is 174 g/mol. The molecule has 3 unspecified atom stereocenters. The summed E-state index contributed by atoms with van der Waals surface area (Å²) < 4.78 is 9.56. The van der Waals surface area contributed by atoms with Crippen LogP contribution in [0.25, 0.3) is 0 Å². The number of ether oxygens (including phenoxy) is 2. The number of hydrogen-bond acceptors (Lipinski definition) is 4. The number of aliphatic hydroxyl groups is 1. The van der Waals surface area contributed by atoms with E-state index in [1.165, 1.54) is 14.2 Å². The smallest absolute Gasteiger partial charge is 0.308 e. The SMILES string of the molecule is COC(=O)C1CC(O)C(OC)C1. The fourth-order valence-electron chi connectivity index (χ4n) is 1.59. The van der Waals surface area contributed by atoms with E-state index in [0.717, 1.165) is 0 Å². The van der Waals surface area contributed by atoms with Crippen molar-refractivity contribution in [2.75, 3.05) is 14.2 Å². The van der Waals surface area contributed by atoms with Crippen LogP contribution in [-0.4, -0.2) is 37.5 Å². The minimum Gasteiger partial charge on any atom is -0.469 e. The number of methoxy groups -OCH3 is 2. The molecule has 12 heavy (non-hydrogen) atoms. The average Bonchev–Trinajstić information content (AvgIpc) is 2.45. The Morgan fingerprint density at radius 2 is 2.08 bits per heavy atom. The van der Waals surface area contributed by atoms with E-state index in [1.54, 1.807) is 0 Å². The van der Waals surface area contributed by atoms with E-state index in [4.69, 9.17) is 4.74 Å². The zero-order chi connectivity index (χ0) is 9.14. The first-order valence-corrected chi connectivity index (χ1v) is 3.97. The minimum absolute atomic E-state index is 0.199. The lowest BCUT2D eigenvalue weighted by molar-refractivity contribution is -0.145. The van der Waals surface area contributed by atoms with Gasteiger partial charge in [-0.1, -0.05) is 0 Å². The first-order chi connectivity index (χ1) is 5.69. The molecule has 1 aliphatic rings. The van der Waals surface area contributed by atoms with Gasteiger partial charge in [0, 0.05) is 7.11 Å². The van der Waals surface area contributed by atoms with Gasteiger partial charge in [-0.3, -0.25) is 4.79 Å². The Hall–Kier alpha value is -0.610. The van der Waals surface area contributed by atoms with Crippen molar-refractivity contribution >= 4 is 5.97 Å². The highest BCUT2D eigenvalue weighted by atomic mass is 16.5. The standard InChI is InChI=1S/C8H14O4/c1-11-7-4-5(3-6(7)9)8(10)12-2/h5-7,9H,3-4H2,1-2H3. The molecule has 0 amide bonds. The molecular weight excluding hydrogens is 160 g/mol. The lowest BCUT2D eigenvalue weighted by atomic mass is 10.1. The average molecular weight is 174 g/mol. The van der Waals surface area contributed by atoms with Crippen LogP contribution in [-0.2, 0) is 14.3 Å². The van der Waals surface area contributed by atoms with Crippen LogP contribution in [0.3, 0.4) is 0 Å². The molecule has 1 fully saturated rings. The van der Waals surface area contributed by atoms with Gasteiger partial charge in [0.2, 0.25) is 0 Å². The van der Waals surface area contributed by atoms with Crippen LogP contribution in [0.15, 0.2) is 0 Å². The van der Waals surface area contributed by atoms with E-state index in [0.29, 0.717) is 12.8 Å². The van der Waals surface area contributed by atoms with Gasteiger partial charge in [0.15, 0.2) is 0 Å². The van der Waals surface area contributed by atoms with Crippen molar-refractivity contribution in [2.24, 2.45) is 5.92 Å². The summed E-state index contributed by atoms with van der Waals surface area (Å²) >= 11 is 0. The van der Waals surface area contributed by atoms with Crippen LogP contribution in [0.5, 0.6) is 0 Å². The Labute approximate surface area is 71.5 Å². The zero-order valence-electron chi connectivity index (χ0n) is 7.32. The Morgan fingerprint density at radius 3 is 2.50 bits per heavy atom. The summed E-state index contributed by atoms with van der Waals surface area (Å²) in [6, 6.07) is 0. The van der Waals surface area contributed by atoms with Crippen LogP contribution in [0.2, 0.25) is 0 Å². The molecule has 0 aromatic carbocycles. The van der Waals surface area contributed by atoms with E-state index in [-0.39, 0.29) is 18.0 Å². The van der Waals surface area contributed by atoms with Crippen LogP contribution in [0, 0.1) is 5.92 Å². The van der Waals surface area contributed by atoms with Crippen molar-refractivity contribution in [3.05, 3.63) is 0 Å². The molecule has 1 saturated carbocycles. The van der Waals surface area contributed by atoms with Crippen molar-refractivity contribution in [1.29, 1.82) is 0 Å². The van der Waals surface area contributed by atoms with Gasteiger partial charge in [-0.05, 0) is 12.8 Å². The molecule has 1 aliphatic carbocycles. The topological polar surface area (TPSA) is 55.8 Å². The molecule has 0 aromatic rings. The van der Waals surface area contributed by atoms with Gasteiger partial charge < -0.3 is 14.6 Å². The lowest BCUT2D eigenvalue weighted by Crippen LogP contribution is -2.20. The van der Waals surface area contributed by atoms with Gasteiger partial charge in [-0.2, -0.15) is 0 Å². The molecule has 0 bridgehead atoms. The quantitative estimate of drug-likeness (QED) is 0.596. The molecule has 0 radical (unpaired) electrons. The Morgan fingerprint density at radius 1 is 1.42 bits per heavy atom. The van der Waals surface area contributed by atoms with E-state index < -0.39 is 6.10 Å². The Balaban J connectivity index is 2.48. The summed E-state index contributed by atoms with van der Waals surface area (Å²) in [5.74, 6) is -0.455. The molecule has 0 saturated heterocycles. The molecule has 0 aliphatic heterocycles. The molecule has 1 N–H and O–H groups in total. The maximum Gasteiger partial charge on any atom is 0.308 e. The molecule has 4 nitrogen and oxygen atoms in total. The molecule has 1 rings (SSSR count). The van der Waals surface area contributed by atoms with E-state index in [9.17, 15) is 9.90 Å². The molecular formula is C8H14O4. The number of aliphatic hydroxyl groups excluding tert-OH is 1. The van der Waals surface area contributed by atoms with E-state index in [2.05, 4.69) is 4.74 Å². The summed E-state index contributed by atoms with van der Waals surface area (Å²) in [5.41, 5.74) is 0. The first kappa shape index (κ1) is 9.48. The van der Waals surface area contributed by atoms with Crippen molar-refractivity contribution in [1.82, 2.24) is 0 Å². The van der Waals surface area contributed by atoms with Crippen LogP contribution >= 0.6 is 0 Å². The fraction of sp³-hybridized carbons (Fsp3) is 0.875. The highest BCUT2D eigenvalue weighted by molar-refractivity contribution is 5.72. The third kappa shape index (κ3) is 1.76. The Bertz CT molecular complexity index is 168. The van der Waals surface area contributed by atoms with Gasteiger partial charge in [0.05, 0.1) is 25.2 Å². The highest BCUT2D eigenvalue weighted by Gasteiger charge is 2.37. The highest BCUT2D eigenvalue weighted by Crippen LogP contribution is 2.28. The van der Waals surface area contributed by atoms with Crippen molar-refractivity contribution < 1.29 is 19.4 Å². The number of rotatable bonds is 2. The molecule has 0 heterocycles. The summed E-state index contributed by atoms with van der Waals surface area (Å²) in [4.78, 5) is 11.0. The van der Waals surface area contributed by atoms with Crippen LogP contribution in [0.4, 0.5) is 0 Å². The second-order valence-corrected chi connectivity index (χ2v) is 3.03. The van der Waals surface area contributed by atoms with Crippen molar-refractivity contribution in [2.45, 2.75) is 25.0 Å². The minimum atomic E-state index is -0.529. The van der Waals surface area contributed by atoms with Gasteiger partial charge in [-0.25, -0.2) is 0 Å². The van der Waals surface area contributed by atoms with Crippen molar-refractivity contribution in [3.63, 3.8) is 0 Å². The van der Waals surface area contributed by atoms with Crippen LogP contribution in [0.1, 0.15) is 12.8 Å². The van der Waals surface area contributed by atoms with Gasteiger partial charge in [0.1, 0.15) is 0 Å². The second-order valence-electron chi connectivity index (χ2n) is 3.03. The summed E-state index contributed by atoms with van der Waals surface area (Å²) in [5, 5.41) is 9.37. The summed E-state index contributed by atoms with van der Waals surface area (Å²) in [7, 11) is 2.89. The zero-order valence-corrected chi connectivity index (χ0v) is 7.32. The molecule has 4 heteroatoms. The third-order valence-electron chi connectivity index (χ3n) is 2.31. The predicted molar refractivity (Wildman–Crippen MR) is 41.5 cm³/mol. The molecule has 3 atom stereocenters. The fourth-order valence-corrected chi connectivity index (χ4v) is 1.59. The van der Waals surface area contributed by atoms with Gasteiger partial charge in [0.25, 0.3) is 0 Å². The first-order valence-electron chi connectivity index (χ1n) is 3.97. The number of hydrogen-bond donors (Lipinski definition) is 1. The second kappa shape index (κ2) is 3.87. The van der Waals surface area contributed by atoms with Gasteiger partial charge >= 0.3 is 5.97 Å². The summed E-state index contributed by atoms with van der Waals surface area (Å²) in [6.07, 6.45) is 0.267. The molecule has 70 valence electrons. The van der Waals surface area contributed by atoms with E-state index in [1.807, 2.05) is 0 Å². The Kier molecular flexibility index (Phi) is 3.05. The predicted octanol–water partition coefficient (Wildman–Crippen LogP) is -0.0547. The molecule has 0 aromatic heterocycles. The normalized spacial score (nSPS) is 35.1. The largest absolute Gasteiger partial charge is 0.469 e. The maximum atomic E-state index is 11.0. The van der Waals surface area contributed by atoms with E-state index >= 15 is 0 Å². The lowest BCUT2D eigenvalue weighted by Gasteiger charge is -2.10. The summed E-state index contributed by atoms with van der Waals surface area (Å²) in [6.45, 7) is 0. The maximum absolute atomic E-state index is 11.0. The third-order valence-corrected chi connectivity index (χ3v) is 2.31. The molecule has 0 spiro atoms.